The molecule has 0 spiro atoms. The Morgan fingerprint density at radius 2 is 2.08 bits per heavy atom. The van der Waals surface area contributed by atoms with Crippen LogP contribution in [-0.4, -0.2) is 26.1 Å². The Labute approximate surface area is 147 Å². The highest BCUT2D eigenvalue weighted by molar-refractivity contribution is 5.83. The summed E-state index contributed by atoms with van der Waals surface area (Å²) in [6.45, 7) is 4.29. The second kappa shape index (κ2) is 7.09. The summed E-state index contributed by atoms with van der Waals surface area (Å²) in [5, 5.41) is 3.42. The van der Waals surface area contributed by atoms with Crippen molar-refractivity contribution in [3.63, 3.8) is 0 Å². The molecule has 25 heavy (non-hydrogen) atoms. The van der Waals surface area contributed by atoms with Gasteiger partial charge in [-0.1, -0.05) is 24.6 Å². The Morgan fingerprint density at radius 1 is 1.16 bits per heavy atom. The van der Waals surface area contributed by atoms with E-state index in [0.29, 0.717) is 13.2 Å². The standard InChI is InChI=1S/C19H23N5O/c1-2-25-15-9-6-5-8-14(15)12-20-18-17-19(22-13-21-18)24-11-7-3-4-10-16(24)23-17/h5-6,8-9,13H,2-4,7,10-12H2,1H3,(H,20,21,22). The Hall–Kier alpha value is -2.63. The van der Waals surface area contributed by atoms with Crippen LogP contribution in [0.3, 0.4) is 0 Å². The van der Waals surface area contributed by atoms with E-state index in [1.807, 2.05) is 25.1 Å². The third-order valence-corrected chi connectivity index (χ3v) is 4.61. The van der Waals surface area contributed by atoms with E-state index in [0.717, 1.165) is 47.1 Å². The smallest absolute Gasteiger partial charge is 0.165 e. The van der Waals surface area contributed by atoms with Gasteiger partial charge in [-0.15, -0.1) is 0 Å². The average Bonchev–Trinajstić information content (AvgIpc) is 2.83. The summed E-state index contributed by atoms with van der Waals surface area (Å²) in [6, 6.07) is 8.07. The number of imidazole rings is 1. The number of ether oxygens (including phenoxy) is 1. The Kier molecular flexibility index (Phi) is 4.50. The van der Waals surface area contributed by atoms with E-state index in [-0.39, 0.29) is 0 Å². The number of nitrogens with zero attached hydrogens (tertiary/aromatic N) is 4. The van der Waals surface area contributed by atoms with Gasteiger partial charge in [-0.2, -0.15) is 0 Å². The molecule has 0 unspecified atom stereocenters. The molecule has 0 radical (unpaired) electrons. The molecule has 1 N–H and O–H groups in total. The normalized spacial score (nSPS) is 14.1. The molecule has 0 atom stereocenters. The number of benzene rings is 1. The predicted molar refractivity (Wildman–Crippen MR) is 97.8 cm³/mol. The van der Waals surface area contributed by atoms with Crippen molar-refractivity contribution in [3.8, 4) is 5.75 Å². The first-order valence-corrected chi connectivity index (χ1v) is 9.01. The van der Waals surface area contributed by atoms with Gasteiger partial charge in [0.2, 0.25) is 0 Å². The van der Waals surface area contributed by atoms with E-state index >= 15 is 0 Å². The highest BCUT2D eigenvalue weighted by Gasteiger charge is 2.17. The Bertz CT molecular complexity index is 873. The lowest BCUT2D eigenvalue weighted by Gasteiger charge is -2.11. The fourth-order valence-corrected chi connectivity index (χ4v) is 3.39. The van der Waals surface area contributed by atoms with Gasteiger partial charge in [0.15, 0.2) is 17.0 Å². The molecule has 0 fully saturated rings. The number of anilines is 1. The maximum absolute atomic E-state index is 5.70. The monoisotopic (exact) mass is 337 g/mol. The van der Waals surface area contributed by atoms with Crippen LogP contribution in [0.25, 0.3) is 11.2 Å². The van der Waals surface area contributed by atoms with Crippen LogP contribution < -0.4 is 10.1 Å². The van der Waals surface area contributed by atoms with Crippen LogP contribution in [-0.2, 0) is 19.5 Å². The molecule has 1 aliphatic heterocycles. The lowest BCUT2D eigenvalue weighted by atomic mass is 10.2. The molecule has 0 saturated heterocycles. The van der Waals surface area contributed by atoms with Crippen molar-refractivity contribution in [2.24, 2.45) is 0 Å². The van der Waals surface area contributed by atoms with E-state index in [9.17, 15) is 0 Å². The molecule has 0 aliphatic carbocycles. The minimum Gasteiger partial charge on any atom is -0.494 e. The van der Waals surface area contributed by atoms with Gasteiger partial charge in [0.1, 0.15) is 17.9 Å². The first kappa shape index (κ1) is 15.9. The molecule has 0 bridgehead atoms. The predicted octanol–water partition coefficient (Wildman–Crippen LogP) is 3.56. The minimum absolute atomic E-state index is 0.643. The molecule has 4 rings (SSSR count). The highest BCUT2D eigenvalue weighted by Crippen LogP contribution is 2.25. The van der Waals surface area contributed by atoms with Crippen LogP contribution in [0.1, 0.15) is 37.6 Å². The number of hydrogen-bond donors (Lipinski definition) is 1. The van der Waals surface area contributed by atoms with Crippen LogP contribution in [0.5, 0.6) is 5.75 Å². The summed E-state index contributed by atoms with van der Waals surface area (Å²) in [5.41, 5.74) is 2.91. The maximum atomic E-state index is 5.70. The molecular weight excluding hydrogens is 314 g/mol. The fourth-order valence-electron chi connectivity index (χ4n) is 3.39. The minimum atomic E-state index is 0.643. The molecule has 3 aromatic rings. The van der Waals surface area contributed by atoms with Gasteiger partial charge in [-0.3, -0.25) is 0 Å². The zero-order valence-corrected chi connectivity index (χ0v) is 14.5. The van der Waals surface area contributed by atoms with Gasteiger partial charge in [0, 0.05) is 25.1 Å². The quantitative estimate of drug-likeness (QED) is 0.771. The van der Waals surface area contributed by atoms with Crippen molar-refractivity contribution >= 4 is 17.0 Å². The van der Waals surface area contributed by atoms with Gasteiger partial charge >= 0.3 is 0 Å². The molecule has 6 heteroatoms. The van der Waals surface area contributed by atoms with Crippen molar-refractivity contribution in [2.45, 2.75) is 45.7 Å². The van der Waals surface area contributed by atoms with E-state index in [1.165, 1.54) is 19.3 Å². The highest BCUT2D eigenvalue weighted by atomic mass is 16.5. The Balaban J connectivity index is 1.62. The van der Waals surface area contributed by atoms with E-state index in [2.05, 4.69) is 25.9 Å². The first-order valence-electron chi connectivity index (χ1n) is 9.01. The zero-order valence-electron chi connectivity index (χ0n) is 14.5. The molecule has 6 nitrogen and oxygen atoms in total. The second-order valence-corrected chi connectivity index (χ2v) is 6.28. The molecule has 0 amide bonds. The van der Waals surface area contributed by atoms with Gasteiger partial charge in [0.25, 0.3) is 0 Å². The number of rotatable bonds is 5. The van der Waals surface area contributed by atoms with Gasteiger partial charge in [-0.25, -0.2) is 15.0 Å². The number of para-hydroxylation sites is 1. The van der Waals surface area contributed by atoms with E-state index < -0.39 is 0 Å². The van der Waals surface area contributed by atoms with E-state index in [4.69, 9.17) is 9.72 Å². The summed E-state index contributed by atoms with van der Waals surface area (Å²) in [6.07, 6.45) is 6.28. The van der Waals surface area contributed by atoms with Crippen LogP contribution in [0, 0.1) is 0 Å². The van der Waals surface area contributed by atoms with Gasteiger partial charge < -0.3 is 14.6 Å². The molecule has 3 heterocycles. The second-order valence-electron chi connectivity index (χ2n) is 6.28. The molecule has 1 aliphatic rings. The number of aryl methyl sites for hydroxylation is 2. The van der Waals surface area contributed by atoms with Crippen molar-refractivity contribution in [3.05, 3.63) is 42.0 Å². The summed E-state index contributed by atoms with van der Waals surface area (Å²) in [4.78, 5) is 13.7. The van der Waals surface area contributed by atoms with E-state index in [1.54, 1.807) is 6.33 Å². The molecule has 130 valence electrons. The summed E-state index contributed by atoms with van der Waals surface area (Å²) < 4.78 is 7.95. The number of fused-ring (bicyclic) bond motifs is 3. The van der Waals surface area contributed by atoms with Crippen LogP contribution in [0.4, 0.5) is 5.82 Å². The fraction of sp³-hybridized carbons (Fsp3) is 0.421. The van der Waals surface area contributed by atoms with Gasteiger partial charge in [-0.05, 0) is 25.8 Å². The lowest BCUT2D eigenvalue weighted by Crippen LogP contribution is -2.05. The number of nitrogens with one attached hydrogen (secondary N) is 1. The average molecular weight is 337 g/mol. The van der Waals surface area contributed by atoms with Gasteiger partial charge in [0.05, 0.1) is 6.61 Å². The Morgan fingerprint density at radius 3 is 3.00 bits per heavy atom. The maximum Gasteiger partial charge on any atom is 0.165 e. The van der Waals surface area contributed by atoms with Crippen molar-refractivity contribution in [1.82, 2.24) is 19.5 Å². The number of aromatic nitrogens is 4. The first-order chi connectivity index (χ1) is 12.4. The third-order valence-electron chi connectivity index (χ3n) is 4.61. The van der Waals surface area contributed by atoms with Crippen molar-refractivity contribution in [1.29, 1.82) is 0 Å². The zero-order chi connectivity index (χ0) is 17.1. The topological polar surface area (TPSA) is 64.9 Å². The SMILES string of the molecule is CCOc1ccccc1CNc1ncnc2c1nc1n2CCCCC1. The van der Waals surface area contributed by atoms with Crippen molar-refractivity contribution < 1.29 is 4.74 Å². The molecular formula is C19H23N5O. The molecule has 2 aromatic heterocycles. The van der Waals surface area contributed by atoms with Crippen LogP contribution in [0.15, 0.2) is 30.6 Å². The van der Waals surface area contributed by atoms with Crippen molar-refractivity contribution in [2.75, 3.05) is 11.9 Å². The van der Waals surface area contributed by atoms with Crippen LogP contribution >= 0.6 is 0 Å². The summed E-state index contributed by atoms with van der Waals surface area (Å²) in [7, 11) is 0. The largest absolute Gasteiger partial charge is 0.494 e. The summed E-state index contributed by atoms with van der Waals surface area (Å²) in [5.74, 6) is 2.83. The summed E-state index contributed by atoms with van der Waals surface area (Å²) >= 11 is 0. The molecule has 0 saturated carbocycles. The lowest BCUT2D eigenvalue weighted by molar-refractivity contribution is 0.337. The third kappa shape index (κ3) is 3.16. The molecule has 1 aromatic carbocycles. The van der Waals surface area contributed by atoms with Crippen LogP contribution in [0.2, 0.25) is 0 Å². The number of hydrogen-bond acceptors (Lipinski definition) is 5.